The van der Waals surface area contributed by atoms with E-state index in [1.807, 2.05) is 49.4 Å². The first-order valence-corrected chi connectivity index (χ1v) is 10.5. The van der Waals surface area contributed by atoms with Crippen molar-refractivity contribution in [2.45, 2.75) is 6.92 Å². The maximum Gasteiger partial charge on any atom is 0.265 e. The Morgan fingerprint density at radius 3 is 2.48 bits per heavy atom. The summed E-state index contributed by atoms with van der Waals surface area (Å²) in [6, 6.07) is 21.8. The number of para-hydroxylation sites is 1. The van der Waals surface area contributed by atoms with Crippen molar-refractivity contribution >= 4 is 40.9 Å². The van der Waals surface area contributed by atoms with Crippen LogP contribution in [0, 0.1) is 6.92 Å². The van der Waals surface area contributed by atoms with Gasteiger partial charge in [-0.1, -0.05) is 48.0 Å². The molecule has 33 heavy (non-hydrogen) atoms. The summed E-state index contributed by atoms with van der Waals surface area (Å²) >= 11 is 0. The average Bonchev–Trinajstić information content (AvgIpc) is 2.81. The van der Waals surface area contributed by atoms with Crippen molar-refractivity contribution in [1.82, 2.24) is 0 Å². The van der Waals surface area contributed by atoms with E-state index in [1.165, 1.54) is 11.0 Å². The van der Waals surface area contributed by atoms with Gasteiger partial charge in [-0.05, 0) is 48.9 Å². The minimum absolute atomic E-state index is 0.156. The molecule has 0 fully saturated rings. The monoisotopic (exact) mass is 441 g/mol. The molecule has 3 aromatic rings. The Labute approximate surface area is 191 Å². The lowest BCUT2D eigenvalue weighted by Crippen LogP contribution is -2.43. The van der Waals surface area contributed by atoms with Gasteiger partial charge in [0.05, 0.1) is 5.69 Å². The highest BCUT2D eigenvalue weighted by molar-refractivity contribution is 6.06. The van der Waals surface area contributed by atoms with Crippen molar-refractivity contribution in [3.8, 4) is 5.75 Å². The fourth-order valence-electron chi connectivity index (χ4n) is 3.35. The van der Waals surface area contributed by atoms with E-state index >= 15 is 0 Å². The number of benzene rings is 3. The molecule has 2 N–H and O–H groups in total. The van der Waals surface area contributed by atoms with Crippen LogP contribution in [-0.4, -0.2) is 30.9 Å². The summed E-state index contributed by atoms with van der Waals surface area (Å²) in [5, 5.41) is 5.55. The molecule has 0 saturated heterocycles. The molecule has 0 aromatic heterocycles. The minimum Gasteiger partial charge on any atom is -0.482 e. The quantitative estimate of drug-likeness (QED) is 0.566. The maximum atomic E-state index is 12.5. The molecule has 0 atom stereocenters. The van der Waals surface area contributed by atoms with E-state index < -0.39 is 0 Å². The molecule has 7 nitrogen and oxygen atoms in total. The molecule has 0 aliphatic carbocycles. The molecule has 0 bridgehead atoms. The molecule has 166 valence electrons. The molecule has 7 heteroatoms. The summed E-state index contributed by atoms with van der Waals surface area (Å²) in [6.45, 7) is 1.67. The van der Waals surface area contributed by atoms with Gasteiger partial charge in [0.25, 0.3) is 5.91 Å². The van der Waals surface area contributed by atoms with Crippen molar-refractivity contribution in [3.05, 3.63) is 90.0 Å². The zero-order valence-corrected chi connectivity index (χ0v) is 18.1. The summed E-state index contributed by atoms with van der Waals surface area (Å²) in [7, 11) is 0. The lowest BCUT2D eigenvalue weighted by molar-refractivity contribution is -0.123. The summed E-state index contributed by atoms with van der Waals surface area (Å²) in [6.07, 6.45) is 3.16. The van der Waals surface area contributed by atoms with E-state index in [0.29, 0.717) is 22.8 Å². The number of nitrogens with one attached hydrogen (secondary N) is 2. The van der Waals surface area contributed by atoms with E-state index in [0.717, 1.165) is 11.1 Å². The molecular weight excluding hydrogens is 418 g/mol. The number of carbonyl (C=O) groups excluding carboxylic acids is 3. The lowest BCUT2D eigenvalue weighted by Gasteiger charge is -2.29. The Kier molecular flexibility index (Phi) is 6.50. The van der Waals surface area contributed by atoms with Crippen LogP contribution in [0.25, 0.3) is 6.08 Å². The molecule has 0 spiro atoms. The predicted octanol–water partition coefficient (Wildman–Crippen LogP) is 4.01. The second-order valence-electron chi connectivity index (χ2n) is 7.60. The van der Waals surface area contributed by atoms with Gasteiger partial charge >= 0.3 is 0 Å². The number of rotatable bonds is 6. The number of hydrogen-bond donors (Lipinski definition) is 2. The van der Waals surface area contributed by atoms with Gasteiger partial charge in [-0.25, -0.2) is 0 Å². The largest absolute Gasteiger partial charge is 0.482 e. The smallest absolute Gasteiger partial charge is 0.265 e. The van der Waals surface area contributed by atoms with Crippen LogP contribution in [0.15, 0.2) is 78.9 Å². The summed E-state index contributed by atoms with van der Waals surface area (Å²) in [4.78, 5) is 38.7. The van der Waals surface area contributed by atoms with Crippen molar-refractivity contribution in [2.24, 2.45) is 0 Å². The van der Waals surface area contributed by atoms with E-state index in [-0.39, 0.29) is 30.9 Å². The number of nitrogens with zero attached hydrogens (tertiary/aromatic N) is 1. The SMILES string of the molecule is Cc1ccc(/C=C/C(=O)Nc2ccc3c(c2)N(CC(=O)Nc2ccccc2)C(=O)CO3)cc1. The zero-order chi connectivity index (χ0) is 23.2. The Bertz CT molecular complexity index is 1200. The third kappa shape index (κ3) is 5.65. The van der Waals surface area contributed by atoms with Crippen molar-refractivity contribution in [3.63, 3.8) is 0 Å². The van der Waals surface area contributed by atoms with E-state index in [2.05, 4.69) is 10.6 Å². The van der Waals surface area contributed by atoms with Gasteiger partial charge in [0.2, 0.25) is 11.8 Å². The highest BCUT2D eigenvalue weighted by atomic mass is 16.5. The number of fused-ring (bicyclic) bond motifs is 1. The van der Waals surface area contributed by atoms with Gasteiger partial charge in [0, 0.05) is 17.5 Å². The Hall–Kier alpha value is -4.39. The van der Waals surface area contributed by atoms with Crippen LogP contribution in [0.4, 0.5) is 17.1 Å². The van der Waals surface area contributed by atoms with Crippen LogP contribution in [-0.2, 0) is 14.4 Å². The van der Waals surface area contributed by atoms with Crippen molar-refractivity contribution in [1.29, 1.82) is 0 Å². The highest BCUT2D eigenvalue weighted by Gasteiger charge is 2.27. The summed E-state index contributed by atoms with van der Waals surface area (Å²) < 4.78 is 5.49. The molecule has 1 aliphatic rings. The molecule has 0 saturated carbocycles. The van der Waals surface area contributed by atoms with E-state index in [4.69, 9.17) is 4.74 Å². The van der Waals surface area contributed by atoms with Crippen LogP contribution in [0.1, 0.15) is 11.1 Å². The number of hydrogen-bond acceptors (Lipinski definition) is 4. The van der Waals surface area contributed by atoms with Crippen molar-refractivity contribution in [2.75, 3.05) is 28.7 Å². The van der Waals surface area contributed by atoms with Crippen LogP contribution in [0.2, 0.25) is 0 Å². The van der Waals surface area contributed by atoms with Crippen LogP contribution < -0.4 is 20.3 Å². The zero-order valence-electron chi connectivity index (χ0n) is 18.1. The lowest BCUT2D eigenvalue weighted by atomic mass is 10.1. The first kappa shape index (κ1) is 21.8. The third-order valence-electron chi connectivity index (χ3n) is 5.03. The van der Waals surface area contributed by atoms with E-state index in [9.17, 15) is 14.4 Å². The van der Waals surface area contributed by atoms with Crippen LogP contribution in [0.3, 0.4) is 0 Å². The van der Waals surface area contributed by atoms with Gasteiger partial charge in [-0.3, -0.25) is 19.3 Å². The van der Waals surface area contributed by atoms with Crippen LogP contribution in [0.5, 0.6) is 5.75 Å². The second-order valence-corrected chi connectivity index (χ2v) is 7.60. The predicted molar refractivity (Wildman–Crippen MR) is 128 cm³/mol. The van der Waals surface area contributed by atoms with Crippen molar-refractivity contribution < 1.29 is 19.1 Å². The second kappa shape index (κ2) is 9.82. The number of amides is 3. The van der Waals surface area contributed by atoms with Gasteiger partial charge in [-0.15, -0.1) is 0 Å². The molecule has 4 rings (SSSR count). The number of aryl methyl sites for hydroxylation is 1. The minimum atomic E-state index is -0.339. The summed E-state index contributed by atoms with van der Waals surface area (Å²) in [5.74, 6) is -0.520. The first-order chi connectivity index (χ1) is 16.0. The normalized spacial score (nSPS) is 12.8. The first-order valence-electron chi connectivity index (χ1n) is 10.5. The number of carbonyl (C=O) groups is 3. The Balaban J connectivity index is 1.46. The molecule has 0 unspecified atom stereocenters. The number of ether oxygens (including phenoxy) is 1. The fraction of sp³-hybridized carbons (Fsp3) is 0.115. The van der Waals surface area contributed by atoms with Gasteiger partial charge in [0.1, 0.15) is 12.3 Å². The van der Waals surface area contributed by atoms with E-state index in [1.54, 1.807) is 36.4 Å². The molecule has 1 heterocycles. The Morgan fingerprint density at radius 2 is 1.73 bits per heavy atom. The van der Waals surface area contributed by atoms with Gasteiger partial charge in [-0.2, -0.15) is 0 Å². The summed E-state index contributed by atoms with van der Waals surface area (Å²) in [5.41, 5.74) is 3.61. The highest BCUT2D eigenvalue weighted by Crippen LogP contribution is 2.34. The molecule has 3 amide bonds. The number of anilines is 3. The molecule has 0 radical (unpaired) electrons. The molecule has 3 aromatic carbocycles. The standard InChI is InChI=1S/C26H23N3O4/c1-18-7-9-19(10-8-18)11-14-24(30)28-21-12-13-23-22(15-21)29(26(32)17-33-23)16-25(31)27-20-5-3-2-4-6-20/h2-15H,16-17H2,1H3,(H,27,31)(H,28,30)/b14-11+. The third-order valence-corrected chi connectivity index (χ3v) is 5.03. The molecular formula is C26H23N3O4. The van der Waals surface area contributed by atoms with Gasteiger partial charge < -0.3 is 15.4 Å². The van der Waals surface area contributed by atoms with Crippen LogP contribution >= 0.6 is 0 Å². The molecule has 1 aliphatic heterocycles. The topological polar surface area (TPSA) is 87.7 Å². The Morgan fingerprint density at radius 1 is 0.970 bits per heavy atom. The van der Waals surface area contributed by atoms with Gasteiger partial charge in [0.15, 0.2) is 6.61 Å². The maximum absolute atomic E-state index is 12.5. The average molecular weight is 441 g/mol. The fourth-order valence-corrected chi connectivity index (χ4v) is 3.35.